The van der Waals surface area contributed by atoms with Gasteiger partial charge in [0.15, 0.2) is 5.96 Å². The number of carbonyl (C=O) groups excluding carboxylic acids is 8. The number of nitrogens with two attached hydrogens (primary N) is 3. The number of amides is 8. The summed E-state index contributed by atoms with van der Waals surface area (Å²) in [5.74, 6) is -7.82. The van der Waals surface area contributed by atoms with E-state index >= 15 is 0 Å². The number of guanidine groups is 1. The lowest BCUT2D eigenvalue weighted by atomic mass is 10.0. The molecule has 0 unspecified atom stereocenters. The van der Waals surface area contributed by atoms with E-state index in [-0.39, 0.29) is 76.5 Å². The van der Waals surface area contributed by atoms with Gasteiger partial charge in [-0.15, -0.1) is 0 Å². The van der Waals surface area contributed by atoms with E-state index in [0.717, 1.165) is 5.56 Å². The van der Waals surface area contributed by atoms with Crippen molar-refractivity contribution in [3.05, 3.63) is 54.1 Å². The molecule has 8 amide bonds. The van der Waals surface area contributed by atoms with Gasteiger partial charge in [0.1, 0.15) is 48.3 Å². The number of nitrogens with one attached hydrogen (secondary N) is 7. The topological polar surface area (TPSA) is 392 Å². The van der Waals surface area contributed by atoms with Crippen molar-refractivity contribution in [2.75, 3.05) is 26.2 Å². The second-order valence-electron chi connectivity index (χ2n) is 19.3. The number of carboxylic acid groups (broad SMARTS) is 1. The third-order valence-corrected chi connectivity index (χ3v) is 12.5. The smallest absolute Gasteiger partial charge is 0.326 e. The molecular formula is C48H74N14O11. The van der Waals surface area contributed by atoms with Crippen molar-refractivity contribution in [1.82, 2.24) is 51.7 Å². The molecule has 4 rings (SSSR count). The monoisotopic (exact) mass is 1020 g/mol. The van der Waals surface area contributed by atoms with Gasteiger partial charge in [0.2, 0.25) is 47.3 Å². The molecule has 15 N–H and O–H groups in total. The summed E-state index contributed by atoms with van der Waals surface area (Å²) in [7, 11) is 0. The van der Waals surface area contributed by atoms with E-state index in [0.29, 0.717) is 18.5 Å². The average molecular weight is 1020 g/mol. The number of rotatable bonds is 27. The number of aliphatic imine (C=N–C) groups is 1. The number of likely N-dealkylation sites (tertiary alicyclic amines) is 2. The molecule has 0 spiro atoms. The molecule has 402 valence electrons. The Bertz CT molecular complexity index is 2240. The van der Waals surface area contributed by atoms with Gasteiger partial charge in [-0.05, 0) is 69.3 Å². The Morgan fingerprint density at radius 1 is 0.726 bits per heavy atom. The van der Waals surface area contributed by atoms with Crippen LogP contribution >= 0.6 is 0 Å². The van der Waals surface area contributed by atoms with Crippen LogP contribution in [-0.2, 0) is 56.0 Å². The van der Waals surface area contributed by atoms with E-state index in [1.165, 1.54) is 29.2 Å². The SMILES string of the molecule is CC(C)C[C@H](NC(=O)[C@H](C)N)C(=O)N[C@@H](Cc1cnc[nH]1)C(=O)N[C@@H](CO)C(=O)N[C@@H](CCCN=C(N)N)C(=O)N[C@H](C(=O)N1CCC[C@H]1C(=O)N[C@@H](Cc1ccccc1)C(=O)N1CCC[C@H]1C(=O)O)C(C)C. The van der Waals surface area contributed by atoms with E-state index < -0.39 is 120 Å². The number of hydrogen-bond acceptors (Lipinski definition) is 13. The maximum Gasteiger partial charge on any atom is 0.326 e. The number of carbonyl (C=O) groups is 9. The highest BCUT2D eigenvalue weighted by Gasteiger charge is 2.43. The predicted molar refractivity (Wildman–Crippen MR) is 266 cm³/mol. The molecule has 25 heteroatoms. The zero-order valence-electron chi connectivity index (χ0n) is 42.2. The fourth-order valence-electron chi connectivity index (χ4n) is 8.67. The van der Waals surface area contributed by atoms with Gasteiger partial charge in [0.25, 0.3) is 0 Å². The summed E-state index contributed by atoms with van der Waals surface area (Å²) in [6.07, 6.45) is 4.35. The van der Waals surface area contributed by atoms with Gasteiger partial charge < -0.3 is 74.1 Å². The number of imidazole rings is 1. The minimum absolute atomic E-state index is 0.0409. The van der Waals surface area contributed by atoms with Crippen LogP contribution in [0.1, 0.15) is 90.8 Å². The van der Waals surface area contributed by atoms with E-state index in [1.807, 2.05) is 13.8 Å². The van der Waals surface area contributed by atoms with E-state index in [1.54, 1.807) is 44.2 Å². The minimum atomic E-state index is -1.67. The minimum Gasteiger partial charge on any atom is -0.480 e. The number of nitrogens with zero attached hydrogens (tertiary/aromatic N) is 4. The molecule has 2 aliphatic heterocycles. The molecule has 2 aromatic rings. The second kappa shape index (κ2) is 28.2. The Morgan fingerprint density at radius 2 is 1.30 bits per heavy atom. The molecule has 3 heterocycles. The number of carboxylic acids is 1. The Hall–Kier alpha value is -7.15. The summed E-state index contributed by atoms with van der Waals surface area (Å²) < 4.78 is 0. The summed E-state index contributed by atoms with van der Waals surface area (Å²) in [6.45, 7) is 7.91. The van der Waals surface area contributed by atoms with Crippen LogP contribution in [0.5, 0.6) is 0 Å². The van der Waals surface area contributed by atoms with Crippen LogP contribution in [0.3, 0.4) is 0 Å². The van der Waals surface area contributed by atoms with E-state index in [2.05, 4.69) is 46.9 Å². The van der Waals surface area contributed by atoms with Gasteiger partial charge >= 0.3 is 5.97 Å². The first kappa shape index (κ1) is 58.4. The zero-order valence-corrected chi connectivity index (χ0v) is 42.2. The third-order valence-electron chi connectivity index (χ3n) is 12.5. The first-order valence-corrected chi connectivity index (χ1v) is 24.7. The Balaban J connectivity index is 1.52. The van der Waals surface area contributed by atoms with Gasteiger partial charge in [-0.25, -0.2) is 9.78 Å². The molecule has 0 bridgehead atoms. The quantitative estimate of drug-likeness (QED) is 0.0246. The molecule has 0 saturated carbocycles. The van der Waals surface area contributed by atoms with Crippen LogP contribution < -0.4 is 49.1 Å². The summed E-state index contributed by atoms with van der Waals surface area (Å²) >= 11 is 0. The molecular weight excluding hydrogens is 949 g/mol. The van der Waals surface area contributed by atoms with E-state index in [9.17, 15) is 53.4 Å². The van der Waals surface area contributed by atoms with Crippen LogP contribution in [0.2, 0.25) is 0 Å². The van der Waals surface area contributed by atoms with Gasteiger partial charge in [-0.1, -0.05) is 58.0 Å². The molecule has 0 aliphatic carbocycles. The fourth-order valence-corrected chi connectivity index (χ4v) is 8.67. The number of H-pyrrole nitrogens is 1. The number of benzene rings is 1. The van der Waals surface area contributed by atoms with Crippen molar-refractivity contribution in [2.45, 2.75) is 147 Å². The number of aliphatic carboxylic acids is 1. The second-order valence-corrected chi connectivity index (χ2v) is 19.3. The van der Waals surface area contributed by atoms with Gasteiger partial charge in [0, 0.05) is 44.4 Å². The summed E-state index contributed by atoms with van der Waals surface area (Å²) in [4.78, 5) is 136. The number of aromatic amines is 1. The first-order chi connectivity index (χ1) is 34.6. The van der Waals surface area contributed by atoms with Crippen molar-refractivity contribution in [1.29, 1.82) is 0 Å². The third kappa shape index (κ3) is 17.5. The molecule has 2 fully saturated rings. The molecule has 1 aromatic heterocycles. The molecule has 25 nitrogen and oxygen atoms in total. The summed E-state index contributed by atoms with van der Waals surface area (Å²) in [6, 6.07) is -2.00. The van der Waals surface area contributed by atoms with Crippen molar-refractivity contribution in [2.24, 2.45) is 34.0 Å². The maximum absolute atomic E-state index is 14.5. The van der Waals surface area contributed by atoms with Crippen LogP contribution in [0.25, 0.3) is 0 Å². The lowest BCUT2D eigenvalue weighted by Crippen LogP contribution is -2.61. The van der Waals surface area contributed by atoms with Crippen molar-refractivity contribution >= 4 is 59.2 Å². The lowest BCUT2D eigenvalue weighted by molar-refractivity contribution is -0.150. The largest absolute Gasteiger partial charge is 0.480 e. The fraction of sp³-hybridized carbons (Fsp3) is 0.604. The van der Waals surface area contributed by atoms with Crippen LogP contribution in [0.4, 0.5) is 0 Å². The number of aliphatic hydroxyl groups excluding tert-OH is 1. The number of aliphatic hydroxyl groups is 1. The highest BCUT2D eigenvalue weighted by Crippen LogP contribution is 2.23. The zero-order chi connectivity index (χ0) is 53.9. The normalized spacial score (nSPS) is 18.3. The highest BCUT2D eigenvalue weighted by molar-refractivity contribution is 5.98. The Kier molecular flexibility index (Phi) is 22.6. The van der Waals surface area contributed by atoms with Crippen LogP contribution in [0.15, 0.2) is 47.8 Å². The van der Waals surface area contributed by atoms with Crippen LogP contribution in [-0.4, -0.2) is 170 Å². The van der Waals surface area contributed by atoms with Gasteiger partial charge in [-0.2, -0.15) is 0 Å². The lowest BCUT2D eigenvalue weighted by Gasteiger charge is -2.33. The Labute approximate surface area is 424 Å². The van der Waals surface area contributed by atoms with Crippen LogP contribution in [0, 0.1) is 11.8 Å². The summed E-state index contributed by atoms with van der Waals surface area (Å²) in [5, 5.41) is 36.1. The molecule has 9 atom stereocenters. The number of aromatic nitrogens is 2. The number of hydrogen-bond donors (Lipinski definition) is 12. The van der Waals surface area contributed by atoms with Gasteiger partial charge in [0.05, 0.1) is 19.0 Å². The van der Waals surface area contributed by atoms with Crippen molar-refractivity contribution in [3.63, 3.8) is 0 Å². The van der Waals surface area contributed by atoms with Crippen molar-refractivity contribution < 1.29 is 53.4 Å². The van der Waals surface area contributed by atoms with Crippen molar-refractivity contribution in [3.8, 4) is 0 Å². The van der Waals surface area contributed by atoms with E-state index in [4.69, 9.17) is 17.2 Å². The first-order valence-electron chi connectivity index (χ1n) is 24.7. The molecule has 2 saturated heterocycles. The molecule has 2 aliphatic rings. The molecule has 0 radical (unpaired) electrons. The standard InChI is InChI=1S/C48H74N14O11/c1-26(2)20-32(56-39(64)28(5)49)41(66)57-33(22-30-23-52-25-54-30)42(67)59-35(24-63)43(68)55-31(14-9-17-53-48(50)51)40(65)60-38(27(3)4)46(71)61-18-10-15-36(61)44(69)58-34(21-29-12-7-6-8-13-29)45(70)62-19-11-16-37(62)47(72)73/h6-8,12-13,23,25-28,31-38,63H,9-11,14-22,24,49H2,1-5H3,(H,52,54)(H,55,68)(H,56,64)(H,57,66)(H,58,69)(H,59,67)(H,60,65)(H,72,73)(H4,50,51,53)/t28-,31-,32-,33-,34-,35-,36-,37-,38-/m0/s1. The van der Waals surface area contributed by atoms with Gasteiger partial charge in [-0.3, -0.25) is 43.3 Å². The molecule has 1 aromatic carbocycles. The average Bonchev–Trinajstić information content (AvgIpc) is 4.16. The maximum atomic E-state index is 14.5. The highest BCUT2D eigenvalue weighted by atomic mass is 16.4. The predicted octanol–water partition coefficient (Wildman–Crippen LogP) is -2.73. The Morgan fingerprint density at radius 3 is 1.88 bits per heavy atom. The molecule has 73 heavy (non-hydrogen) atoms. The summed E-state index contributed by atoms with van der Waals surface area (Å²) in [5.41, 5.74) is 17.9.